The third-order valence-electron chi connectivity index (χ3n) is 5.05. The van der Waals surface area contributed by atoms with Crippen molar-refractivity contribution >= 4 is 20.9 Å². The number of rotatable bonds is 5. The average molecular weight is 368 g/mol. The monoisotopic (exact) mass is 368 g/mol. The summed E-state index contributed by atoms with van der Waals surface area (Å²) in [6, 6.07) is 16.9. The smallest absolute Gasteiger partial charge is 0.242 e. The van der Waals surface area contributed by atoms with Gasteiger partial charge in [0.1, 0.15) is 4.90 Å². The number of para-hydroxylation sites is 1. The summed E-state index contributed by atoms with van der Waals surface area (Å²) in [4.78, 5) is 4.44. The highest BCUT2D eigenvalue weighted by Crippen LogP contribution is 2.32. The van der Waals surface area contributed by atoms with E-state index >= 15 is 0 Å². The Morgan fingerprint density at radius 1 is 1.04 bits per heavy atom. The predicted octanol–water partition coefficient (Wildman–Crippen LogP) is 2.70. The molecule has 5 nitrogen and oxygen atoms in total. The van der Waals surface area contributed by atoms with Gasteiger partial charge in [0.25, 0.3) is 0 Å². The first-order valence-corrected chi connectivity index (χ1v) is 9.97. The Balaban J connectivity index is 1.61. The van der Waals surface area contributed by atoms with Crippen molar-refractivity contribution in [1.82, 2.24) is 9.71 Å². The van der Waals surface area contributed by atoms with Crippen molar-refractivity contribution in [2.45, 2.75) is 23.3 Å². The van der Waals surface area contributed by atoms with Gasteiger partial charge in [0.05, 0.1) is 11.1 Å². The Labute approximate surface area is 153 Å². The lowest BCUT2D eigenvalue weighted by molar-refractivity contribution is 0.00378. The van der Waals surface area contributed by atoms with Crippen molar-refractivity contribution in [3.63, 3.8) is 0 Å². The fraction of sp³-hybridized carbons (Fsp3) is 0.250. The highest BCUT2D eigenvalue weighted by atomic mass is 32.2. The second-order valence-corrected chi connectivity index (χ2v) is 8.40. The number of aromatic nitrogens is 1. The van der Waals surface area contributed by atoms with Gasteiger partial charge < -0.3 is 4.74 Å². The summed E-state index contributed by atoms with van der Waals surface area (Å²) in [6.45, 7) is 0.212. The van der Waals surface area contributed by atoms with Gasteiger partial charge in [0, 0.05) is 38.1 Å². The van der Waals surface area contributed by atoms with Crippen molar-refractivity contribution < 1.29 is 13.2 Å². The number of methoxy groups -OCH3 is 1. The van der Waals surface area contributed by atoms with Crippen LogP contribution >= 0.6 is 0 Å². The zero-order chi connectivity index (χ0) is 18.2. The minimum atomic E-state index is -3.70. The molecule has 0 unspecified atom stereocenters. The molecule has 1 aromatic heterocycles. The summed E-state index contributed by atoms with van der Waals surface area (Å²) < 4.78 is 34.4. The molecule has 0 amide bonds. The number of hydrogen-bond donors (Lipinski definition) is 1. The normalized spacial score (nSPS) is 15.9. The zero-order valence-electron chi connectivity index (χ0n) is 14.5. The molecule has 1 aliphatic carbocycles. The molecule has 4 rings (SSSR count). The highest BCUT2D eigenvalue weighted by Gasteiger charge is 2.38. The van der Waals surface area contributed by atoms with Crippen molar-refractivity contribution in [3.8, 4) is 0 Å². The van der Waals surface area contributed by atoms with Gasteiger partial charge in [0.2, 0.25) is 10.0 Å². The van der Waals surface area contributed by atoms with Crippen LogP contribution in [0.5, 0.6) is 0 Å². The molecule has 0 atom stereocenters. The maximum Gasteiger partial charge on any atom is 0.242 e. The van der Waals surface area contributed by atoms with Crippen LogP contribution in [-0.2, 0) is 27.6 Å². The van der Waals surface area contributed by atoms with E-state index in [0.717, 1.165) is 5.39 Å². The van der Waals surface area contributed by atoms with Gasteiger partial charge in [-0.1, -0.05) is 42.5 Å². The van der Waals surface area contributed by atoms with Crippen LogP contribution in [0.3, 0.4) is 0 Å². The third kappa shape index (κ3) is 3.00. The predicted molar refractivity (Wildman–Crippen MR) is 101 cm³/mol. The van der Waals surface area contributed by atoms with E-state index in [0.29, 0.717) is 18.4 Å². The largest absolute Gasteiger partial charge is 0.376 e. The van der Waals surface area contributed by atoms with Gasteiger partial charge in [-0.25, -0.2) is 13.1 Å². The van der Waals surface area contributed by atoms with Gasteiger partial charge in [-0.15, -0.1) is 0 Å². The van der Waals surface area contributed by atoms with E-state index in [2.05, 4.69) is 21.8 Å². The van der Waals surface area contributed by atoms with Crippen LogP contribution in [0.4, 0.5) is 0 Å². The Hall–Kier alpha value is -2.28. The van der Waals surface area contributed by atoms with Gasteiger partial charge >= 0.3 is 0 Å². The molecule has 1 N–H and O–H groups in total. The van der Waals surface area contributed by atoms with E-state index in [1.165, 1.54) is 11.1 Å². The van der Waals surface area contributed by atoms with Crippen LogP contribution in [0.2, 0.25) is 0 Å². The second kappa shape index (κ2) is 6.46. The van der Waals surface area contributed by atoms with Crippen molar-refractivity contribution in [1.29, 1.82) is 0 Å². The van der Waals surface area contributed by atoms with Crippen LogP contribution < -0.4 is 4.72 Å². The van der Waals surface area contributed by atoms with E-state index in [4.69, 9.17) is 4.74 Å². The quantitative estimate of drug-likeness (QED) is 0.752. The van der Waals surface area contributed by atoms with Crippen LogP contribution in [0.15, 0.2) is 65.7 Å². The minimum Gasteiger partial charge on any atom is -0.376 e. The number of sulfonamides is 1. The first-order valence-electron chi connectivity index (χ1n) is 8.48. The summed E-state index contributed by atoms with van der Waals surface area (Å²) >= 11 is 0. The summed E-state index contributed by atoms with van der Waals surface area (Å²) in [6.07, 6.45) is 2.98. The molecule has 0 fully saturated rings. The molecule has 26 heavy (non-hydrogen) atoms. The highest BCUT2D eigenvalue weighted by molar-refractivity contribution is 7.89. The molecule has 0 bridgehead atoms. The van der Waals surface area contributed by atoms with Crippen LogP contribution in [0.25, 0.3) is 10.9 Å². The Bertz CT molecular complexity index is 1030. The maximum atomic E-state index is 12.9. The molecular weight excluding hydrogens is 348 g/mol. The van der Waals surface area contributed by atoms with Crippen LogP contribution in [0.1, 0.15) is 11.1 Å². The lowest BCUT2D eigenvalue weighted by Gasteiger charge is -2.27. The molecule has 0 spiro atoms. The first kappa shape index (κ1) is 17.1. The van der Waals surface area contributed by atoms with Crippen LogP contribution in [-0.4, -0.2) is 32.7 Å². The zero-order valence-corrected chi connectivity index (χ0v) is 15.3. The summed E-state index contributed by atoms with van der Waals surface area (Å²) in [5.74, 6) is 0. The number of nitrogens with zero attached hydrogens (tertiary/aromatic N) is 1. The molecule has 134 valence electrons. The molecule has 0 radical (unpaired) electrons. The molecule has 2 aromatic carbocycles. The van der Waals surface area contributed by atoms with Crippen LogP contribution in [0, 0.1) is 0 Å². The lowest BCUT2D eigenvalue weighted by Crippen LogP contribution is -2.45. The standard InChI is InChI=1S/C20H20N2O3S/c1-25-20(12-16-6-2-3-7-17(16)13-20)14-22-26(23,24)18-10-4-8-15-9-5-11-21-19(15)18/h2-11,22H,12-14H2,1H3. The number of hydrogen-bond acceptors (Lipinski definition) is 4. The van der Waals surface area contributed by atoms with Gasteiger partial charge in [0.15, 0.2) is 0 Å². The topological polar surface area (TPSA) is 68.3 Å². The Morgan fingerprint density at radius 2 is 1.73 bits per heavy atom. The van der Waals surface area contributed by atoms with Gasteiger partial charge in [-0.05, 0) is 23.3 Å². The van der Waals surface area contributed by atoms with Crippen molar-refractivity contribution in [2.75, 3.05) is 13.7 Å². The van der Waals surface area contributed by atoms with E-state index in [9.17, 15) is 8.42 Å². The van der Waals surface area contributed by atoms with Crippen molar-refractivity contribution in [3.05, 3.63) is 71.9 Å². The summed E-state index contributed by atoms with van der Waals surface area (Å²) in [5, 5.41) is 0.796. The van der Waals surface area contributed by atoms with E-state index in [-0.39, 0.29) is 11.4 Å². The average Bonchev–Trinajstić information content (AvgIpc) is 3.05. The maximum absolute atomic E-state index is 12.9. The number of ether oxygens (including phenoxy) is 1. The van der Waals surface area contributed by atoms with E-state index in [1.54, 1.807) is 31.5 Å². The molecular formula is C20H20N2O3S. The fourth-order valence-corrected chi connectivity index (χ4v) is 4.89. The molecule has 0 aliphatic heterocycles. The third-order valence-corrected chi connectivity index (χ3v) is 6.48. The molecule has 1 aliphatic rings. The minimum absolute atomic E-state index is 0.192. The second-order valence-electron chi connectivity index (χ2n) is 6.67. The SMILES string of the molecule is COC1(CNS(=O)(=O)c2cccc3cccnc23)Cc2ccccc2C1. The molecule has 0 saturated heterocycles. The molecule has 3 aromatic rings. The fourth-order valence-electron chi connectivity index (χ4n) is 3.60. The lowest BCUT2D eigenvalue weighted by atomic mass is 10.0. The van der Waals surface area contributed by atoms with E-state index < -0.39 is 15.6 Å². The number of pyridine rings is 1. The summed E-state index contributed by atoms with van der Waals surface area (Å²) in [7, 11) is -2.06. The van der Waals surface area contributed by atoms with E-state index in [1.807, 2.05) is 24.3 Å². The first-order chi connectivity index (χ1) is 12.5. The Morgan fingerprint density at radius 3 is 2.42 bits per heavy atom. The number of fused-ring (bicyclic) bond motifs is 2. The number of benzene rings is 2. The van der Waals surface area contributed by atoms with Gasteiger partial charge in [-0.3, -0.25) is 4.98 Å². The summed E-state index contributed by atoms with van der Waals surface area (Å²) in [5.41, 5.74) is 2.33. The molecule has 1 heterocycles. The Kier molecular flexibility index (Phi) is 4.26. The molecule has 6 heteroatoms. The number of nitrogens with one attached hydrogen (secondary N) is 1. The van der Waals surface area contributed by atoms with Crippen molar-refractivity contribution in [2.24, 2.45) is 0 Å². The van der Waals surface area contributed by atoms with Gasteiger partial charge in [-0.2, -0.15) is 0 Å². The molecule has 0 saturated carbocycles.